The van der Waals surface area contributed by atoms with Gasteiger partial charge in [0, 0.05) is 22.3 Å². The van der Waals surface area contributed by atoms with Crippen LogP contribution in [0.5, 0.6) is 0 Å². The molecule has 0 spiro atoms. The highest BCUT2D eigenvalue weighted by Gasteiger charge is 2.31. The van der Waals surface area contributed by atoms with E-state index in [1.807, 2.05) is 39.0 Å². The van der Waals surface area contributed by atoms with E-state index in [0.29, 0.717) is 0 Å². The Hall–Kier alpha value is -0.110. The smallest absolute Gasteiger partial charge is 0.157 e. The van der Waals surface area contributed by atoms with Crippen molar-refractivity contribution >= 4 is 27.3 Å². The van der Waals surface area contributed by atoms with Gasteiger partial charge in [0.2, 0.25) is 0 Å². The fourth-order valence-electron chi connectivity index (χ4n) is 2.35. The molecular weight excluding hydrogens is 378 g/mol. The SMILES string of the molecule is CC(C)(C)[S+]([O-])N[C@@H](CCC1OCCCO1)c1ccccc1Br. The van der Waals surface area contributed by atoms with Gasteiger partial charge in [0.25, 0.3) is 0 Å². The Morgan fingerprint density at radius 3 is 2.57 bits per heavy atom. The first-order valence-corrected chi connectivity index (χ1v) is 9.98. The molecule has 1 fully saturated rings. The minimum absolute atomic E-state index is 0.0141. The predicted octanol–water partition coefficient (Wildman–Crippen LogP) is 4.09. The standard InChI is InChI=1S/C17H26BrNO3S/c1-17(2,3)23(20)19-15(13-7-4-5-8-14(13)18)9-10-16-21-11-6-12-22-16/h4-5,7-8,15-16,19H,6,9-12H2,1-3H3/t15-,23?/m0/s1. The number of halogens is 1. The fourth-order valence-corrected chi connectivity index (χ4v) is 3.77. The summed E-state index contributed by atoms with van der Waals surface area (Å²) in [5.41, 5.74) is 1.11. The molecule has 1 aromatic carbocycles. The molecule has 2 rings (SSSR count). The van der Waals surface area contributed by atoms with E-state index in [4.69, 9.17) is 9.47 Å². The van der Waals surface area contributed by atoms with Crippen LogP contribution in [0.1, 0.15) is 51.6 Å². The Bertz CT molecular complexity index is 489. The van der Waals surface area contributed by atoms with Crippen LogP contribution in [0.15, 0.2) is 28.7 Å². The summed E-state index contributed by atoms with van der Waals surface area (Å²) in [6.07, 6.45) is 2.38. The van der Waals surface area contributed by atoms with Crippen molar-refractivity contribution in [2.45, 2.75) is 57.1 Å². The molecule has 1 unspecified atom stereocenters. The second kappa shape index (κ2) is 8.83. The molecule has 1 aliphatic heterocycles. The molecule has 2 atom stereocenters. The molecule has 0 radical (unpaired) electrons. The lowest BCUT2D eigenvalue weighted by molar-refractivity contribution is -0.182. The van der Waals surface area contributed by atoms with Gasteiger partial charge in [-0.15, -0.1) is 4.72 Å². The van der Waals surface area contributed by atoms with E-state index in [2.05, 4.69) is 26.7 Å². The average Bonchev–Trinajstić information content (AvgIpc) is 2.52. The van der Waals surface area contributed by atoms with Gasteiger partial charge >= 0.3 is 0 Å². The minimum Gasteiger partial charge on any atom is -0.598 e. The lowest BCUT2D eigenvalue weighted by Crippen LogP contribution is -2.41. The van der Waals surface area contributed by atoms with Gasteiger partial charge in [0.1, 0.15) is 4.75 Å². The molecule has 0 amide bonds. The Morgan fingerprint density at radius 1 is 1.30 bits per heavy atom. The van der Waals surface area contributed by atoms with Crippen molar-refractivity contribution in [1.29, 1.82) is 0 Å². The Morgan fingerprint density at radius 2 is 1.96 bits per heavy atom. The zero-order valence-electron chi connectivity index (χ0n) is 14.0. The van der Waals surface area contributed by atoms with E-state index in [1.165, 1.54) is 0 Å². The first-order chi connectivity index (χ1) is 10.9. The fraction of sp³-hybridized carbons (Fsp3) is 0.647. The van der Waals surface area contributed by atoms with Gasteiger partial charge in [-0.1, -0.05) is 34.1 Å². The third-order valence-electron chi connectivity index (χ3n) is 3.67. The summed E-state index contributed by atoms with van der Waals surface area (Å²) in [5.74, 6) is 0. The average molecular weight is 404 g/mol. The summed E-state index contributed by atoms with van der Waals surface area (Å²) in [5, 5.41) is 0. The number of benzene rings is 1. The topological polar surface area (TPSA) is 53.5 Å². The minimum atomic E-state index is -1.14. The normalized spacial score (nSPS) is 19.5. The van der Waals surface area contributed by atoms with Crippen molar-refractivity contribution in [2.24, 2.45) is 0 Å². The zero-order chi connectivity index (χ0) is 16.9. The number of hydrogen-bond donors (Lipinski definition) is 1. The first-order valence-electron chi connectivity index (χ1n) is 8.03. The molecule has 1 aliphatic rings. The van der Waals surface area contributed by atoms with E-state index >= 15 is 0 Å². The predicted molar refractivity (Wildman–Crippen MR) is 97.5 cm³/mol. The van der Waals surface area contributed by atoms with E-state index in [-0.39, 0.29) is 17.1 Å². The van der Waals surface area contributed by atoms with Crippen molar-refractivity contribution < 1.29 is 14.0 Å². The maximum atomic E-state index is 12.5. The number of nitrogens with one attached hydrogen (secondary N) is 1. The molecule has 0 saturated carbocycles. The van der Waals surface area contributed by atoms with Crippen LogP contribution in [0.25, 0.3) is 0 Å². The van der Waals surface area contributed by atoms with Crippen LogP contribution in [-0.2, 0) is 20.8 Å². The van der Waals surface area contributed by atoms with Crippen LogP contribution in [-0.4, -0.2) is 28.8 Å². The number of rotatable bonds is 6. The molecule has 1 saturated heterocycles. The molecular formula is C17H26BrNO3S. The molecule has 1 aromatic rings. The number of hydrogen-bond acceptors (Lipinski definition) is 4. The third-order valence-corrected chi connectivity index (χ3v) is 6.01. The highest BCUT2D eigenvalue weighted by Crippen LogP contribution is 2.30. The van der Waals surface area contributed by atoms with Crippen molar-refractivity contribution in [3.8, 4) is 0 Å². The van der Waals surface area contributed by atoms with Gasteiger partial charge < -0.3 is 14.0 Å². The highest BCUT2D eigenvalue weighted by atomic mass is 79.9. The quantitative estimate of drug-likeness (QED) is 0.726. The summed E-state index contributed by atoms with van der Waals surface area (Å²) in [6, 6.07) is 8.04. The monoisotopic (exact) mass is 403 g/mol. The van der Waals surface area contributed by atoms with Gasteiger partial charge in [-0.25, -0.2) is 0 Å². The lowest BCUT2D eigenvalue weighted by Gasteiger charge is -2.30. The van der Waals surface area contributed by atoms with Gasteiger partial charge in [0.05, 0.1) is 19.3 Å². The van der Waals surface area contributed by atoms with Crippen LogP contribution in [0.4, 0.5) is 0 Å². The zero-order valence-corrected chi connectivity index (χ0v) is 16.4. The summed E-state index contributed by atoms with van der Waals surface area (Å²) in [4.78, 5) is 0. The van der Waals surface area contributed by atoms with Crippen molar-refractivity contribution in [3.05, 3.63) is 34.3 Å². The number of ether oxygens (including phenoxy) is 2. The summed E-state index contributed by atoms with van der Waals surface area (Å²) < 4.78 is 27.8. The largest absolute Gasteiger partial charge is 0.598 e. The Kier molecular flexibility index (Phi) is 7.38. The Balaban J connectivity index is 2.06. The molecule has 0 aromatic heterocycles. The van der Waals surface area contributed by atoms with E-state index in [1.54, 1.807) is 0 Å². The van der Waals surface area contributed by atoms with Gasteiger partial charge in [0.15, 0.2) is 6.29 Å². The summed E-state index contributed by atoms with van der Waals surface area (Å²) in [6.45, 7) is 7.43. The lowest BCUT2D eigenvalue weighted by atomic mass is 10.0. The Labute approximate surface area is 150 Å². The van der Waals surface area contributed by atoms with Gasteiger partial charge in [-0.3, -0.25) is 0 Å². The van der Waals surface area contributed by atoms with E-state index in [9.17, 15) is 4.55 Å². The van der Waals surface area contributed by atoms with E-state index in [0.717, 1.165) is 42.5 Å². The maximum Gasteiger partial charge on any atom is 0.157 e. The van der Waals surface area contributed by atoms with Crippen molar-refractivity contribution in [2.75, 3.05) is 13.2 Å². The van der Waals surface area contributed by atoms with Crippen molar-refractivity contribution in [3.63, 3.8) is 0 Å². The molecule has 0 bridgehead atoms. The third kappa shape index (κ3) is 6.03. The van der Waals surface area contributed by atoms with Crippen LogP contribution in [0.3, 0.4) is 0 Å². The molecule has 130 valence electrons. The van der Waals surface area contributed by atoms with Crippen LogP contribution in [0, 0.1) is 0 Å². The highest BCUT2D eigenvalue weighted by molar-refractivity contribution is 9.10. The van der Waals surface area contributed by atoms with Crippen LogP contribution < -0.4 is 4.72 Å². The van der Waals surface area contributed by atoms with Crippen LogP contribution >= 0.6 is 15.9 Å². The molecule has 6 heteroatoms. The molecule has 1 N–H and O–H groups in total. The van der Waals surface area contributed by atoms with Gasteiger partial charge in [-0.2, -0.15) is 0 Å². The second-order valence-corrected chi connectivity index (χ2v) is 9.53. The van der Waals surface area contributed by atoms with E-state index < -0.39 is 11.4 Å². The summed E-state index contributed by atoms with van der Waals surface area (Å²) in [7, 11) is 0. The van der Waals surface area contributed by atoms with Crippen LogP contribution in [0.2, 0.25) is 0 Å². The summed E-state index contributed by atoms with van der Waals surface area (Å²) >= 11 is 2.47. The molecule has 23 heavy (non-hydrogen) atoms. The maximum absolute atomic E-state index is 12.5. The second-order valence-electron chi connectivity index (χ2n) is 6.68. The van der Waals surface area contributed by atoms with Gasteiger partial charge in [-0.05, 0) is 45.2 Å². The molecule has 0 aliphatic carbocycles. The first kappa shape index (κ1) is 19.2. The van der Waals surface area contributed by atoms with Crippen molar-refractivity contribution in [1.82, 2.24) is 4.72 Å². The molecule has 1 heterocycles. The molecule has 4 nitrogen and oxygen atoms in total.